The quantitative estimate of drug-likeness (QED) is 0.0732. The van der Waals surface area contributed by atoms with Crippen LogP contribution in [0.2, 0.25) is 18.1 Å². The molecule has 2 unspecified atom stereocenters. The van der Waals surface area contributed by atoms with Crippen LogP contribution in [0.3, 0.4) is 0 Å². The monoisotopic (exact) mass is 594 g/mol. The van der Waals surface area contributed by atoms with Crippen LogP contribution in [-0.2, 0) is 19.8 Å². The van der Waals surface area contributed by atoms with Crippen LogP contribution in [0.5, 0.6) is 0 Å². The summed E-state index contributed by atoms with van der Waals surface area (Å²) in [5.41, 5.74) is 2.92. The zero-order valence-corrected chi connectivity index (χ0v) is 27.1. The van der Waals surface area contributed by atoms with E-state index in [1.54, 1.807) is 11.8 Å². The van der Waals surface area contributed by atoms with E-state index in [0.29, 0.717) is 11.4 Å². The lowest BCUT2D eigenvalue weighted by atomic mass is 9.80. The number of β-lactam (4-membered cyclic amide) rings is 1. The van der Waals surface area contributed by atoms with Gasteiger partial charge in [0.05, 0.1) is 21.5 Å². The molecule has 5 rings (SSSR count). The third-order valence-corrected chi connectivity index (χ3v) is 16.5. The number of amides is 1. The zero-order chi connectivity index (χ0) is 30.3. The minimum Gasteiger partial charge on any atom is -0.355 e. The van der Waals surface area contributed by atoms with Crippen molar-refractivity contribution in [1.29, 1.82) is 0 Å². The van der Waals surface area contributed by atoms with Crippen LogP contribution in [0.1, 0.15) is 54.7 Å². The van der Waals surface area contributed by atoms with Crippen molar-refractivity contribution < 1.29 is 9.59 Å². The third-order valence-electron chi connectivity index (χ3n) is 9.11. The highest BCUT2D eigenvalue weighted by atomic mass is 32.2. The van der Waals surface area contributed by atoms with Gasteiger partial charge in [-0.05, 0) is 35.6 Å². The molecule has 0 saturated carbocycles. The molecule has 1 aliphatic rings. The summed E-state index contributed by atoms with van der Waals surface area (Å²) in [6.45, 7) is 14.6. The van der Waals surface area contributed by atoms with Gasteiger partial charge in [0.15, 0.2) is 19.5 Å². The highest BCUT2D eigenvalue weighted by Crippen LogP contribution is 2.60. The van der Waals surface area contributed by atoms with Gasteiger partial charge >= 0.3 is 0 Å². The minimum absolute atomic E-state index is 0.159. The molecule has 1 fully saturated rings. The molecule has 0 N–H and O–H groups in total. The Morgan fingerprint density at radius 3 is 1.62 bits per heavy atom. The molecule has 2 heterocycles. The molecule has 1 aliphatic heterocycles. The molecule has 1 aromatic heterocycles. The minimum atomic E-state index is -2.48. The number of hydrogen-bond acceptors (Lipinski definition) is 6. The topological polar surface area (TPSA) is 76.1 Å². The third kappa shape index (κ3) is 4.52. The summed E-state index contributed by atoms with van der Waals surface area (Å²) in [5, 5.41) is 7.97. The van der Waals surface area contributed by atoms with E-state index in [1.165, 1.54) is 0 Å². The second-order valence-electron chi connectivity index (χ2n) is 12.5. The van der Waals surface area contributed by atoms with Gasteiger partial charge in [-0.1, -0.05) is 125 Å². The number of carbonyl (C=O) groups is 2. The molecular formula is C34H38N4O2SSi. The molecular weight excluding hydrogens is 557 g/mol. The summed E-state index contributed by atoms with van der Waals surface area (Å²) in [4.78, 5) is 32.6. The summed E-state index contributed by atoms with van der Waals surface area (Å²) in [7, 11) is -2.48. The van der Waals surface area contributed by atoms with Crippen LogP contribution in [-0.4, -0.2) is 45.5 Å². The Kier molecular flexibility index (Phi) is 7.74. The first-order valence-corrected chi connectivity index (χ1v) is 18.1. The molecule has 8 heteroatoms. The molecule has 1 saturated heterocycles. The van der Waals surface area contributed by atoms with E-state index in [9.17, 15) is 9.59 Å². The molecule has 0 bridgehead atoms. The first-order valence-electron chi connectivity index (χ1n) is 14.2. The Labute approximate surface area is 254 Å². The van der Waals surface area contributed by atoms with Crippen LogP contribution >= 0.6 is 11.8 Å². The first-order chi connectivity index (χ1) is 19.9. The molecule has 216 valence electrons. The summed E-state index contributed by atoms with van der Waals surface area (Å²) in [5.74, 6) is -0.0733. The molecule has 6 nitrogen and oxygen atoms in total. The van der Waals surface area contributed by atoms with Crippen LogP contribution < -0.4 is 0 Å². The summed E-state index contributed by atoms with van der Waals surface area (Å²) in [6.07, 6.45) is 0.772. The summed E-state index contributed by atoms with van der Waals surface area (Å²) < 4.78 is 1.27. The van der Waals surface area contributed by atoms with E-state index in [1.807, 2.05) is 73.0 Å². The van der Waals surface area contributed by atoms with Crippen LogP contribution in [0.15, 0.2) is 91.0 Å². The number of nitrogens with zero attached hydrogens (tertiary/aromatic N) is 4. The number of carbonyl (C=O) groups excluding carboxylic acids is 2. The van der Waals surface area contributed by atoms with Crippen molar-refractivity contribution in [1.82, 2.24) is 19.7 Å². The van der Waals surface area contributed by atoms with E-state index >= 15 is 0 Å². The average molecular weight is 595 g/mol. The number of benzene rings is 3. The number of aromatic nitrogens is 3. The maximum absolute atomic E-state index is 14.5. The number of thioether (sulfide) groups is 1. The lowest BCUT2D eigenvalue weighted by Crippen LogP contribution is -2.80. The molecule has 0 spiro atoms. The average Bonchev–Trinajstić information content (AvgIpc) is 2.98. The van der Waals surface area contributed by atoms with Crippen LogP contribution in [0.4, 0.5) is 0 Å². The second-order valence-corrected chi connectivity index (χ2v) is 18.9. The van der Waals surface area contributed by atoms with Gasteiger partial charge in [-0.2, -0.15) is 5.10 Å². The van der Waals surface area contributed by atoms with Crippen molar-refractivity contribution in [2.24, 2.45) is 0 Å². The van der Waals surface area contributed by atoms with E-state index in [4.69, 9.17) is 4.98 Å². The van der Waals surface area contributed by atoms with Gasteiger partial charge in [-0.25, -0.2) is 4.98 Å². The molecule has 2 atom stereocenters. The van der Waals surface area contributed by atoms with Crippen molar-refractivity contribution in [3.05, 3.63) is 125 Å². The predicted molar refractivity (Wildman–Crippen MR) is 172 cm³/mol. The fourth-order valence-electron chi connectivity index (χ4n) is 5.49. The summed E-state index contributed by atoms with van der Waals surface area (Å²) >= 11 is 1.63. The smallest absolute Gasteiger partial charge is 0.239 e. The Morgan fingerprint density at radius 1 is 0.786 bits per heavy atom. The summed E-state index contributed by atoms with van der Waals surface area (Å²) in [6, 6.07) is 31.0. The number of aldehydes is 1. The van der Waals surface area contributed by atoms with Crippen molar-refractivity contribution in [2.45, 2.75) is 68.3 Å². The molecule has 42 heavy (non-hydrogen) atoms. The number of hydrogen-bond donors (Lipinski definition) is 0. The van der Waals surface area contributed by atoms with Gasteiger partial charge in [0, 0.05) is 0 Å². The SMILES string of the molecule is Cc1nnc(C2(C=O)C(=O)N([Si](C)(C)C(C)(C)C)C2SC(c2ccccc2)(c2ccccc2)c2ccccc2)nc1C. The van der Waals surface area contributed by atoms with E-state index in [-0.39, 0.29) is 16.8 Å². The van der Waals surface area contributed by atoms with Crippen molar-refractivity contribution >= 4 is 32.2 Å². The molecule has 0 radical (unpaired) electrons. The normalized spacial score (nSPS) is 19.4. The Hall–Kier alpha value is -3.62. The molecule has 1 amide bonds. The largest absolute Gasteiger partial charge is 0.355 e. The van der Waals surface area contributed by atoms with E-state index < -0.39 is 23.8 Å². The fraction of sp³-hybridized carbons (Fsp3) is 0.324. The predicted octanol–water partition coefficient (Wildman–Crippen LogP) is 6.82. The van der Waals surface area contributed by atoms with Gasteiger partial charge < -0.3 is 9.36 Å². The second kappa shape index (κ2) is 10.9. The zero-order valence-electron chi connectivity index (χ0n) is 25.3. The Balaban J connectivity index is 1.83. The van der Waals surface area contributed by atoms with Gasteiger partial charge in [0.25, 0.3) is 0 Å². The highest BCUT2D eigenvalue weighted by Gasteiger charge is 2.70. The number of aryl methyl sites for hydroxylation is 2. The lowest BCUT2D eigenvalue weighted by Gasteiger charge is -2.62. The number of rotatable bonds is 8. The van der Waals surface area contributed by atoms with E-state index in [2.05, 4.69) is 80.5 Å². The molecule has 4 aromatic rings. The molecule has 3 aromatic carbocycles. The standard InChI is InChI=1S/C34H38N4O2SSi/c1-24-25(2)36-37-29(35-24)33(23-39)30(40)38(42(6,7)32(3,4)5)31(33)41-34(26-17-11-8-12-18-26,27-19-13-9-14-20-27)28-21-15-10-16-22-28/h8-23,31H,1-7H3. The molecule has 0 aliphatic carbocycles. The Bertz CT molecular complexity index is 1500. The van der Waals surface area contributed by atoms with E-state index in [0.717, 1.165) is 23.0 Å². The van der Waals surface area contributed by atoms with Gasteiger partial charge in [-0.3, -0.25) is 4.79 Å². The van der Waals surface area contributed by atoms with Gasteiger partial charge in [0.1, 0.15) is 6.29 Å². The Morgan fingerprint density at radius 2 is 1.24 bits per heavy atom. The maximum atomic E-state index is 14.5. The van der Waals surface area contributed by atoms with Crippen molar-refractivity contribution in [3.8, 4) is 0 Å². The lowest BCUT2D eigenvalue weighted by molar-refractivity contribution is -0.150. The maximum Gasteiger partial charge on any atom is 0.239 e. The van der Waals surface area contributed by atoms with Crippen LogP contribution in [0.25, 0.3) is 0 Å². The van der Waals surface area contributed by atoms with Gasteiger partial charge in [-0.15, -0.1) is 16.9 Å². The highest BCUT2D eigenvalue weighted by molar-refractivity contribution is 8.01. The van der Waals surface area contributed by atoms with Crippen molar-refractivity contribution in [3.63, 3.8) is 0 Å². The van der Waals surface area contributed by atoms with Crippen LogP contribution in [0, 0.1) is 13.8 Å². The van der Waals surface area contributed by atoms with Crippen molar-refractivity contribution in [2.75, 3.05) is 0 Å². The van der Waals surface area contributed by atoms with Gasteiger partial charge in [0.2, 0.25) is 5.91 Å². The fourth-order valence-corrected chi connectivity index (χ4v) is 10.4. The first kappa shape index (κ1) is 29.9.